The summed E-state index contributed by atoms with van der Waals surface area (Å²) in [7, 11) is 1.34. The molecule has 0 rings (SSSR count). The lowest BCUT2D eigenvalue weighted by atomic mass is 9.83. The number of hydrogen-bond donors (Lipinski definition) is 0. The Labute approximate surface area is 96.3 Å². The highest BCUT2D eigenvalue weighted by molar-refractivity contribution is 5.80. The van der Waals surface area contributed by atoms with Gasteiger partial charge in [-0.05, 0) is 12.8 Å². The third kappa shape index (κ3) is 3.93. The molecular weight excluding hydrogens is 208 g/mol. The predicted octanol–water partition coefficient (Wildman–Crippen LogP) is 1.53. The van der Waals surface area contributed by atoms with Crippen LogP contribution in [0, 0.1) is 17.3 Å². The quantitative estimate of drug-likeness (QED) is 0.539. The second-order valence-corrected chi connectivity index (χ2v) is 3.36. The first-order chi connectivity index (χ1) is 7.52. The number of carbonyl (C=O) groups excluding carboxylic acids is 2. The molecule has 0 aliphatic heterocycles. The molecule has 0 N–H and O–H groups in total. The van der Waals surface area contributed by atoms with Gasteiger partial charge in [0.1, 0.15) is 5.41 Å². The Morgan fingerprint density at radius 2 is 1.81 bits per heavy atom. The highest BCUT2D eigenvalue weighted by Gasteiger charge is 2.33. The second-order valence-electron chi connectivity index (χ2n) is 3.36. The fourth-order valence-electron chi connectivity index (χ4n) is 1.30. The number of carbonyl (C=O) groups is 2. The Balaban J connectivity index is 4.66. The van der Waals surface area contributed by atoms with E-state index in [1.807, 2.05) is 13.8 Å². The van der Waals surface area contributed by atoms with Crippen LogP contribution < -0.4 is 0 Å². The number of ether oxygens (including phenoxy) is 2. The molecule has 0 aromatic rings. The smallest absolute Gasteiger partial charge is 0.323 e. The van der Waals surface area contributed by atoms with E-state index in [2.05, 4.69) is 16.6 Å². The summed E-state index contributed by atoms with van der Waals surface area (Å²) in [6, 6.07) is 0. The monoisotopic (exact) mass is 226 g/mol. The van der Waals surface area contributed by atoms with Crippen LogP contribution in [0.4, 0.5) is 0 Å². The Bertz CT molecular complexity index is 305. The Morgan fingerprint density at radius 3 is 2.19 bits per heavy atom. The molecule has 0 aromatic heterocycles. The molecule has 4 nitrogen and oxygen atoms in total. The molecule has 0 heterocycles. The third-order valence-electron chi connectivity index (χ3n) is 2.46. The third-order valence-corrected chi connectivity index (χ3v) is 2.46. The van der Waals surface area contributed by atoms with Gasteiger partial charge in [0.2, 0.25) is 0 Å². The molecule has 0 fully saturated rings. The first-order valence-electron chi connectivity index (χ1n) is 5.24. The van der Waals surface area contributed by atoms with Crippen LogP contribution in [0.25, 0.3) is 0 Å². The molecule has 4 heteroatoms. The predicted molar refractivity (Wildman–Crippen MR) is 59.4 cm³/mol. The zero-order valence-corrected chi connectivity index (χ0v) is 10.3. The lowest BCUT2D eigenvalue weighted by Crippen LogP contribution is -2.29. The van der Waals surface area contributed by atoms with Crippen molar-refractivity contribution in [2.75, 3.05) is 13.7 Å². The van der Waals surface area contributed by atoms with E-state index in [1.165, 1.54) is 14.0 Å². The summed E-state index contributed by atoms with van der Waals surface area (Å²) in [6.45, 7) is 5.07. The van der Waals surface area contributed by atoms with E-state index in [0.29, 0.717) is 12.8 Å². The molecule has 0 aliphatic rings. The van der Waals surface area contributed by atoms with Crippen molar-refractivity contribution in [1.29, 1.82) is 0 Å². The highest BCUT2D eigenvalue weighted by Crippen LogP contribution is 2.26. The summed E-state index contributed by atoms with van der Waals surface area (Å²) in [5.41, 5.74) is -0.783. The number of hydrogen-bond acceptors (Lipinski definition) is 4. The SMILES string of the molecule is CCC(C#CCOC(C)=O)(CC)C(=O)OC. The van der Waals surface area contributed by atoms with E-state index in [4.69, 9.17) is 4.74 Å². The van der Waals surface area contributed by atoms with Gasteiger partial charge >= 0.3 is 11.9 Å². The summed E-state index contributed by atoms with van der Waals surface area (Å²) in [5, 5.41) is 0. The Kier molecular flexibility index (Phi) is 6.24. The summed E-state index contributed by atoms with van der Waals surface area (Å²) < 4.78 is 9.40. The van der Waals surface area contributed by atoms with Gasteiger partial charge in [0.25, 0.3) is 0 Å². The molecule has 0 unspecified atom stereocenters. The molecule has 90 valence electrons. The van der Waals surface area contributed by atoms with Gasteiger partial charge in [0.05, 0.1) is 7.11 Å². The van der Waals surface area contributed by atoms with E-state index >= 15 is 0 Å². The minimum atomic E-state index is -0.783. The van der Waals surface area contributed by atoms with Gasteiger partial charge in [-0.1, -0.05) is 25.7 Å². The highest BCUT2D eigenvalue weighted by atomic mass is 16.5. The summed E-state index contributed by atoms with van der Waals surface area (Å²) >= 11 is 0. The maximum atomic E-state index is 11.6. The molecule has 0 saturated heterocycles. The van der Waals surface area contributed by atoms with Crippen LogP contribution in [-0.2, 0) is 19.1 Å². The van der Waals surface area contributed by atoms with Crippen LogP contribution in [-0.4, -0.2) is 25.7 Å². The van der Waals surface area contributed by atoms with Crippen molar-refractivity contribution >= 4 is 11.9 Å². The van der Waals surface area contributed by atoms with Crippen molar-refractivity contribution < 1.29 is 19.1 Å². The van der Waals surface area contributed by atoms with Gasteiger partial charge in [-0.25, -0.2) is 0 Å². The lowest BCUT2D eigenvalue weighted by Gasteiger charge is -2.21. The molecule has 0 radical (unpaired) electrons. The molecule has 16 heavy (non-hydrogen) atoms. The van der Waals surface area contributed by atoms with Crippen LogP contribution in [0.15, 0.2) is 0 Å². The first-order valence-corrected chi connectivity index (χ1v) is 5.24. The largest absolute Gasteiger partial charge is 0.468 e. The van der Waals surface area contributed by atoms with Crippen LogP contribution >= 0.6 is 0 Å². The van der Waals surface area contributed by atoms with Crippen molar-refractivity contribution in [2.24, 2.45) is 5.41 Å². The van der Waals surface area contributed by atoms with E-state index in [0.717, 1.165) is 0 Å². The van der Waals surface area contributed by atoms with Crippen molar-refractivity contribution in [3.63, 3.8) is 0 Å². The molecule has 0 spiro atoms. The average Bonchev–Trinajstić information content (AvgIpc) is 2.29. The zero-order chi connectivity index (χ0) is 12.6. The first kappa shape index (κ1) is 14.5. The summed E-state index contributed by atoms with van der Waals surface area (Å²) in [6.07, 6.45) is 1.15. The van der Waals surface area contributed by atoms with E-state index in [1.54, 1.807) is 0 Å². The lowest BCUT2D eigenvalue weighted by molar-refractivity contribution is -0.149. The Hall–Kier alpha value is -1.50. The number of rotatable bonds is 4. The minimum Gasteiger partial charge on any atom is -0.468 e. The van der Waals surface area contributed by atoms with Crippen molar-refractivity contribution in [3.8, 4) is 11.8 Å². The van der Waals surface area contributed by atoms with Gasteiger partial charge < -0.3 is 9.47 Å². The summed E-state index contributed by atoms with van der Waals surface area (Å²) in [5.74, 6) is 4.79. The van der Waals surface area contributed by atoms with Crippen LogP contribution in [0.5, 0.6) is 0 Å². The average molecular weight is 226 g/mol. The van der Waals surface area contributed by atoms with Crippen LogP contribution in [0.2, 0.25) is 0 Å². The van der Waals surface area contributed by atoms with Gasteiger partial charge in [0, 0.05) is 6.92 Å². The van der Waals surface area contributed by atoms with Gasteiger partial charge in [-0.3, -0.25) is 9.59 Å². The molecule has 0 bridgehead atoms. The maximum absolute atomic E-state index is 11.6. The fraction of sp³-hybridized carbons (Fsp3) is 0.667. The second kappa shape index (κ2) is 6.89. The van der Waals surface area contributed by atoms with E-state index in [9.17, 15) is 9.59 Å². The molecule has 0 aromatic carbocycles. The topological polar surface area (TPSA) is 52.6 Å². The molecule has 0 amide bonds. The molecule has 0 aliphatic carbocycles. The zero-order valence-electron chi connectivity index (χ0n) is 10.3. The number of esters is 2. The number of methoxy groups -OCH3 is 1. The van der Waals surface area contributed by atoms with Crippen LogP contribution in [0.3, 0.4) is 0 Å². The van der Waals surface area contributed by atoms with E-state index < -0.39 is 5.41 Å². The van der Waals surface area contributed by atoms with Gasteiger partial charge in [-0.2, -0.15) is 0 Å². The van der Waals surface area contributed by atoms with Crippen molar-refractivity contribution in [2.45, 2.75) is 33.6 Å². The van der Waals surface area contributed by atoms with E-state index in [-0.39, 0.29) is 18.5 Å². The fourth-order valence-corrected chi connectivity index (χ4v) is 1.30. The van der Waals surface area contributed by atoms with Gasteiger partial charge in [-0.15, -0.1) is 0 Å². The van der Waals surface area contributed by atoms with Crippen molar-refractivity contribution in [3.05, 3.63) is 0 Å². The van der Waals surface area contributed by atoms with Crippen molar-refractivity contribution in [1.82, 2.24) is 0 Å². The molecule has 0 saturated carbocycles. The Morgan fingerprint density at radius 1 is 1.25 bits per heavy atom. The maximum Gasteiger partial charge on any atom is 0.323 e. The molecular formula is C12H18O4. The summed E-state index contributed by atoms with van der Waals surface area (Å²) in [4.78, 5) is 22.1. The normalized spacial score (nSPS) is 10.0. The van der Waals surface area contributed by atoms with Crippen LogP contribution in [0.1, 0.15) is 33.6 Å². The standard InChI is InChI=1S/C12H18O4/c1-5-12(6-2,11(14)15-4)8-7-9-16-10(3)13/h5-6,9H2,1-4H3. The van der Waals surface area contributed by atoms with Gasteiger partial charge in [0.15, 0.2) is 6.61 Å². The minimum absolute atomic E-state index is 0.00801. The molecule has 0 atom stereocenters.